The first-order valence-electron chi connectivity index (χ1n) is 1.73. The summed E-state index contributed by atoms with van der Waals surface area (Å²) in [5.74, 6) is 0. The Bertz CT molecular complexity index is 20.0. The number of rotatable bonds is 1. The minimum atomic E-state index is 0. The van der Waals surface area contributed by atoms with Crippen LogP contribution in [0.25, 0.3) is 0 Å². The Morgan fingerprint density at radius 2 is 1.83 bits per heavy atom. The smallest absolute Gasteiger partial charge is 0.0134 e. The van der Waals surface area contributed by atoms with Crippen LogP contribution in [0.5, 0.6) is 0 Å². The van der Waals surface area contributed by atoms with Gasteiger partial charge in [0.25, 0.3) is 0 Å². The van der Waals surface area contributed by atoms with Gasteiger partial charge in [-0.05, 0) is 6.92 Å². The first-order chi connectivity index (χ1) is 2.27. The predicted molar refractivity (Wildman–Crippen MR) is 27.7 cm³/mol. The van der Waals surface area contributed by atoms with Crippen molar-refractivity contribution in [3.8, 4) is 0 Å². The van der Waals surface area contributed by atoms with Crippen LogP contribution >= 0.6 is 0 Å². The fraction of sp³-hybridized carbons (Fsp3) is 1.00. The molecule has 40 valence electrons. The van der Waals surface area contributed by atoms with Crippen molar-refractivity contribution in [2.75, 3.05) is 6.54 Å². The second-order valence-corrected chi connectivity index (χ2v) is 1.21. The molecule has 1 unspecified atom stereocenters. The molecule has 0 aliphatic heterocycles. The molecular formula is C3H13N3. The van der Waals surface area contributed by atoms with Crippen LogP contribution < -0.4 is 17.6 Å². The van der Waals surface area contributed by atoms with E-state index in [9.17, 15) is 0 Å². The zero-order chi connectivity index (χ0) is 4.28. The van der Waals surface area contributed by atoms with Gasteiger partial charge in [0.15, 0.2) is 0 Å². The maximum absolute atomic E-state index is 5.17. The van der Waals surface area contributed by atoms with Crippen LogP contribution in [0.1, 0.15) is 6.92 Å². The SMILES string of the molecule is CC(N)CN.N. The lowest BCUT2D eigenvalue weighted by molar-refractivity contribution is 0.752. The van der Waals surface area contributed by atoms with E-state index in [0.29, 0.717) is 6.54 Å². The summed E-state index contributed by atoms with van der Waals surface area (Å²) < 4.78 is 0. The van der Waals surface area contributed by atoms with Gasteiger partial charge < -0.3 is 17.6 Å². The number of nitrogens with two attached hydrogens (primary N) is 2. The minimum absolute atomic E-state index is 0. The molecule has 0 saturated heterocycles. The van der Waals surface area contributed by atoms with Crippen molar-refractivity contribution < 1.29 is 0 Å². The summed E-state index contributed by atoms with van der Waals surface area (Å²) in [6.45, 7) is 2.46. The van der Waals surface area contributed by atoms with Gasteiger partial charge >= 0.3 is 0 Å². The molecule has 7 N–H and O–H groups in total. The van der Waals surface area contributed by atoms with Gasteiger partial charge in [0, 0.05) is 12.6 Å². The van der Waals surface area contributed by atoms with Crippen LogP contribution in [0.2, 0.25) is 0 Å². The van der Waals surface area contributed by atoms with E-state index in [4.69, 9.17) is 11.5 Å². The Labute approximate surface area is 38.3 Å². The molecule has 0 radical (unpaired) electrons. The molecule has 0 rings (SSSR count). The molecule has 0 spiro atoms. The second kappa shape index (κ2) is 4.88. The molecule has 0 aromatic rings. The summed E-state index contributed by atoms with van der Waals surface area (Å²) in [5, 5.41) is 0. The molecule has 0 amide bonds. The van der Waals surface area contributed by atoms with E-state index in [1.54, 1.807) is 0 Å². The lowest BCUT2D eigenvalue weighted by Crippen LogP contribution is -2.25. The van der Waals surface area contributed by atoms with Crippen LogP contribution in [-0.4, -0.2) is 12.6 Å². The first-order valence-corrected chi connectivity index (χ1v) is 1.73. The maximum Gasteiger partial charge on any atom is 0.0134 e. The Morgan fingerprint density at radius 3 is 1.83 bits per heavy atom. The van der Waals surface area contributed by atoms with Crippen LogP contribution in [-0.2, 0) is 0 Å². The highest BCUT2D eigenvalue weighted by Gasteiger charge is 1.79. The Kier molecular flexibility index (Phi) is 7.57. The first kappa shape index (κ1) is 9.30. The van der Waals surface area contributed by atoms with Gasteiger partial charge in [-0.25, -0.2) is 0 Å². The Balaban J connectivity index is 0. The number of hydrogen-bond acceptors (Lipinski definition) is 3. The zero-order valence-electron chi connectivity index (χ0n) is 4.15. The van der Waals surface area contributed by atoms with E-state index in [1.165, 1.54) is 0 Å². The van der Waals surface area contributed by atoms with Crippen LogP contribution in [0, 0.1) is 0 Å². The van der Waals surface area contributed by atoms with Crippen molar-refractivity contribution in [2.24, 2.45) is 11.5 Å². The summed E-state index contributed by atoms with van der Waals surface area (Å²) >= 11 is 0. The molecule has 0 heterocycles. The Hall–Kier alpha value is -0.120. The van der Waals surface area contributed by atoms with Crippen LogP contribution in [0.15, 0.2) is 0 Å². The maximum atomic E-state index is 5.17. The molecule has 0 fully saturated rings. The number of hydrogen-bond donors (Lipinski definition) is 3. The van der Waals surface area contributed by atoms with E-state index in [1.807, 2.05) is 6.92 Å². The van der Waals surface area contributed by atoms with E-state index in [2.05, 4.69) is 0 Å². The lowest BCUT2D eigenvalue weighted by atomic mass is 10.4. The zero-order valence-corrected chi connectivity index (χ0v) is 4.15. The molecule has 0 aliphatic rings. The molecule has 0 bridgehead atoms. The molecule has 0 aromatic heterocycles. The molecule has 0 aromatic carbocycles. The van der Waals surface area contributed by atoms with Gasteiger partial charge in [0.2, 0.25) is 0 Å². The molecule has 3 nitrogen and oxygen atoms in total. The van der Waals surface area contributed by atoms with E-state index in [-0.39, 0.29) is 12.2 Å². The van der Waals surface area contributed by atoms with E-state index < -0.39 is 0 Å². The van der Waals surface area contributed by atoms with Crippen molar-refractivity contribution in [3.05, 3.63) is 0 Å². The van der Waals surface area contributed by atoms with Gasteiger partial charge in [0.1, 0.15) is 0 Å². The minimum Gasteiger partial charge on any atom is -0.344 e. The summed E-state index contributed by atoms with van der Waals surface area (Å²) in [6.07, 6.45) is 0. The fourth-order valence-electron chi connectivity index (χ4n) is 0. The summed E-state index contributed by atoms with van der Waals surface area (Å²) in [6, 6.07) is 0.162. The third-order valence-corrected chi connectivity index (χ3v) is 0.372. The largest absolute Gasteiger partial charge is 0.344 e. The van der Waals surface area contributed by atoms with Gasteiger partial charge in [-0.15, -0.1) is 0 Å². The molecule has 6 heavy (non-hydrogen) atoms. The summed E-state index contributed by atoms with van der Waals surface area (Å²) in [5.41, 5.74) is 10.2. The van der Waals surface area contributed by atoms with Crippen molar-refractivity contribution in [1.82, 2.24) is 6.15 Å². The lowest BCUT2D eigenvalue weighted by Gasteiger charge is -1.92. The van der Waals surface area contributed by atoms with Crippen molar-refractivity contribution >= 4 is 0 Å². The van der Waals surface area contributed by atoms with Gasteiger partial charge in [-0.1, -0.05) is 0 Å². The summed E-state index contributed by atoms with van der Waals surface area (Å²) in [7, 11) is 0. The van der Waals surface area contributed by atoms with Crippen LogP contribution in [0.3, 0.4) is 0 Å². The molecule has 0 saturated carbocycles. The quantitative estimate of drug-likeness (QED) is 0.405. The monoisotopic (exact) mass is 91.1 g/mol. The van der Waals surface area contributed by atoms with E-state index in [0.717, 1.165) is 0 Å². The Morgan fingerprint density at radius 1 is 1.67 bits per heavy atom. The van der Waals surface area contributed by atoms with Gasteiger partial charge in [-0.3, -0.25) is 0 Å². The topological polar surface area (TPSA) is 87.0 Å². The predicted octanol–water partition coefficient (Wildman–Crippen LogP) is -0.546. The van der Waals surface area contributed by atoms with Crippen molar-refractivity contribution in [3.63, 3.8) is 0 Å². The summed E-state index contributed by atoms with van der Waals surface area (Å²) in [4.78, 5) is 0. The third kappa shape index (κ3) is 9.11. The highest BCUT2D eigenvalue weighted by molar-refractivity contribution is 4.48. The average Bonchev–Trinajstić information content (AvgIpc) is 1.38. The molecule has 1 atom stereocenters. The van der Waals surface area contributed by atoms with Gasteiger partial charge in [0.05, 0.1) is 0 Å². The molecule has 3 heteroatoms. The van der Waals surface area contributed by atoms with Gasteiger partial charge in [-0.2, -0.15) is 0 Å². The van der Waals surface area contributed by atoms with Crippen molar-refractivity contribution in [1.29, 1.82) is 0 Å². The highest BCUT2D eigenvalue weighted by atomic mass is 14.7. The average molecular weight is 91.2 g/mol. The van der Waals surface area contributed by atoms with Crippen LogP contribution in [0.4, 0.5) is 0 Å². The molecule has 0 aliphatic carbocycles. The fourth-order valence-corrected chi connectivity index (χ4v) is 0. The normalized spacial score (nSPS) is 12.5. The third-order valence-electron chi connectivity index (χ3n) is 0.372. The van der Waals surface area contributed by atoms with E-state index >= 15 is 0 Å². The highest BCUT2D eigenvalue weighted by Crippen LogP contribution is 1.59. The second-order valence-electron chi connectivity index (χ2n) is 1.21. The standard InChI is InChI=1S/C3H10N2.H3N/c1-3(5)2-4;/h3H,2,4-5H2,1H3;1H3. The van der Waals surface area contributed by atoms with Crippen molar-refractivity contribution in [2.45, 2.75) is 13.0 Å². The molecular weight excluding hydrogens is 78.1 g/mol.